The number of amides is 1. The van der Waals surface area contributed by atoms with Gasteiger partial charge in [0.25, 0.3) is 5.91 Å². The molecule has 2 rings (SSSR count). The molecule has 0 aliphatic rings. The lowest BCUT2D eigenvalue weighted by Crippen LogP contribution is -2.20. The van der Waals surface area contributed by atoms with Crippen molar-refractivity contribution in [3.05, 3.63) is 53.6 Å². The number of benzene rings is 2. The van der Waals surface area contributed by atoms with Crippen LogP contribution < -0.4 is 14.8 Å². The van der Waals surface area contributed by atoms with Crippen LogP contribution in [0.25, 0.3) is 0 Å². The van der Waals surface area contributed by atoms with Gasteiger partial charge >= 0.3 is 5.97 Å². The number of esters is 1. The van der Waals surface area contributed by atoms with Crippen molar-refractivity contribution in [1.29, 1.82) is 0 Å². The molecule has 0 atom stereocenters. The molecule has 2 aromatic rings. The second-order valence-electron chi connectivity index (χ2n) is 5.04. The molecule has 0 saturated carbocycles. The van der Waals surface area contributed by atoms with Crippen LogP contribution in [0.2, 0.25) is 0 Å². The van der Waals surface area contributed by atoms with E-state index in [-0.39, 0.29) is 6.61 Å². The van der Waals surface area contributed by atoms with Gasteiger partial charge in [0.15, 0.2) is 6.61 Å². The van der Waals surface area contributed by atoms with Gasteiger partial charge in [-0.2, -0.15) is 0 Å². The van der Waals surface area contributed by atoms with Crippen molar-refractivity contribution in [2.75, 3.05) is 26.1 Å². The van der Waals surface area contributed by atoms with E-state index >= 15 is 0 Å². The Balaban J connectivity index is 1.89. The minimum Gasteiger partial charge on any atom is -0.497 e. The van der Waals surface area contributed by atoms with E-state index in [1.54, 1.807) is 49.6 Å². The summed E-state index contributed by atoms with van der Waals surface area (Å²) < 4.78 is 15.2. The lowest BCUT2D eigenvalue weighted by Gasteiger charge is -2.09. The SMILES string of the molecule is COc1ccc(NC(=O)COC(=O)c2ccc(C)c(OC)c2)cc1. The molecule has 0 unspecified atom stereocenters. The Labute approximate surface area is 140 Å². The number of rotatable bonds is 6. The summed E-state index contributed by atoms with van der Waals surface area (Å²) in [6.45, 7) is 1.50. The largest absolute Gasteiger partial charge is 0.497 e. The minimum absolute atomic E-state index is 0.328. The minimum atomic E-state index is -0.585. The summed E-state index contributed by atoms with van der Waals surface area (Å²) in [7, 11) is 3.09. The molecule has 6 heteroatoms. The van der Waals surface area contributed by atoms with E-state index in [9.17, 15) is 9.59 Å². The molecule has 126 valence electrons. The van der Waals surface area contributed by atoms with E-state index in [0.717, 1.165) is 5.56 Å². The Bertz CT molecular complexity index is 725. The van der Waals surface area contributed by atoms with Crippen LogP contribution in [0.1, 0.15) is 15.9 Å². The zero-order valence-electron chi connectivity index (χ0n) is 13.8. The highest BCUT2D eigenvalue weighted by Crippen LogP contribution is 2.19. The smallest absolute Gasteiger partial charge is 0.338 e. The highest BCUT2D eigenvalue weighted by Gasteiger charge is 2.12. The third-order valence-corrected chi connectivity index (χ3v) is 3.35. The molecule has 0 heterocycles. The normalized spacial score (nSPS) is 9.96. The Morgan fingerprint density at radius 1 is 1.00 bits per heavy atom. The summed E-state index contributed by atoms with van der Waals surface area (Å²) in [5.74, 6) is 0.269. The van der Waals surface area contributed by atoms with Gasteiger partial charge in [-0.1, -0.05) is 6.07 Å². The third kappa shape index (κ3) is 4.49. The van der Waals surface area contributed by atoms with Gasteiger partial charge in [-0.15, -0.1) is 0 Å². The predicted octanol–water partition coefficient (Wildman–Crippen LogP) is 2.81. The molecule has 0 aliphatic heterocycles. The molecular formula is C18H19NO5. The number of carbonyl (C=O) groups excluding carboxylic acids is 2. The van der Waals surface area contributed by atoms with Crippen LogP contribution in [0.4, 0.5) is 5.69 Å². The van der Waals surface area contributed by atoms with E-state index in [2.05, 4.69) is 5.32 Å². The van der Waals surface area contributed by atoms with E-state index in [1.165, 1.54) is 7.11 Å². The van der Waals surface area contributed by atoms with Gasteiger partial charge in [-0.3, -0.25) is 4.79 Å². The fourth-order valence-electron chi connectivity index (χ4n) is 2.03. The van der Waals surface area contributed by atoms with Crippen molar-refractivity contribution in [1.82, 2.24) is 0 Å². The number of methoxy groups -OCH3 is 2. The van der Waals surface area contributed by atoms with Crippen LogP contribution in [0.5, 0.6) is 11.5 Å². The van der Waals surface area contributed by atoms with Gasteiger partial charge in [0, 0.05) is 5.69 Å². The van der Waals surface area contributed by atoms with Gasteiger partial charge in [0.2, 0.25) is 0 Å². The second-order valence-corrected chi connectivity index (χ2v) is 5.04. The average Bonchev–Trinajstić information content (AvgIpc) is 2.60. The number of carbonyl (C=O) groups is 2. The van der Waals surface area contributed by atoms with Gasteiger partial charge < -0.3 is 19.5 Å². The van der Waals surface area contributed by atoms with E-state index < -0.39 is 11.9 Å². The maximum atomic E-state index is 12.0. The fourth-order valence-corrected chi connectivity index (χ4v) is 2.03. The number of ether oxygens (including phenoxy) is 3. The van der Waals surface area contributed by atoms with Gasteiger partial charge in [0.1, 0.15) is 11.5 Å². The number of hydrogen-bond acceptors (Lipinski definition) is 5. The van der Waals surface area contributed by atoms with Crippen LogP contribution in [-0.2, 0) is 9.53 Å². The molecule has 6 nitrogen and oxygen atoms in total. The fraction of sp³-hybridized carbons (Fsp3) is 0.222. The lowest BCUT2D eigenvalue weighted by molar-refractivity contribution is -0.119. The molecule has 0 spiro atoms. The molecule has 0 saturated heterocycles. The first-order valence-electron chi connectivity index (χ1n) is 7.29. The van der Waals surface area contributed by atoms with E-state index in [0.29, 0.717) is 22.7 Å². The third-order valence-electron chi connectivity index (χ3n) is 3.35. The van der Waals surface area contributed by atoms with E-state index in [4.69, 9.17) is 14.2 Å². The number of nitrogens with one attached hydrogen (secondary N) is 1. The van der Waals surface area contributed by atoms with Crippen molar-refractivity contribution >= 4 is 17.6 Å². The molecule has 1 amide bonds. The van der Waals surface area contributed by atoms with Crippen LogP contribution in [0, 0.1) is 6.92 Å². The summed E-state index contributed by atoms with van der Waals surface area (Å²) in [5.41, 5.74) is 1.83. The first-order chi connectivity index (χ1) is 11.5. The van der Waals surface area contributed by atoms with Crippen molar-refractivity contribution in [3.8, 4) is 11.5 Å². The quantitative estimate of drug-likeness (QED) is 0.825. The van der Waals surface area contributed by atoms with Gasteiger partial charge in [0.05, 0.1) is 19.8 Å². The highest BCUT2D eigenvalue weighted by molar-refractivity contribution is 5.95. The Kier molecular flexibility index (Phi) is 5.78. The number of anilines is 1. The average molecular weight is 329 g/mol. The molecular weight excluding hydrogens is 310 g/mol. The van der Waals surface area contributed by atoms with Crippen molar-refractivity contribution in [2.24, 2.45) is 0 Å². The summed E-state index contributed by atoms with van der Waals surface area (Å²) >= 11 is 0. The molecule has 0 aromatic heterocycles. The molecule has 2 aromatic carbocycles. The molecule has 0 fully saturated rings. The first kappa shape index (κ1) is 17.3. The summed E-state index contributed by atoms with van der Waals surface area (Å²) in [6, 6.07) is 11.8. The van der Waals surface area contributed by atoms with E-state index in [1.807, 2.05) is 6.92 Å². The predicted molar refractivity (Wildman–Crippen MR) is 89.6 cm³/mol. The second kappa shape index (κ2) is 8.01. The monoisotopic (exact) mass is 329 g/mol. The van der Waals surface area contributed by atoms with Crippen LogP contribution in [0.15, 0.2) is 42.5 Å². The molecule has 1 N–H and O–H groups in total. The Hall–Kier alpha value is -3.02. The Morgan fingerprint density at radius 2 is 1.71 bits per heavy atom. The zero-order chi connectivity index (χ0) is 17.5. The number of aryl methyl sites for hydroxylation is 1. The summed E-state index contributed by atoms with van der Waals surface area (Å²) in [5, 5.41) is 2.64. The van der Waals surface area contributed by atoms with Crippen molar-refractivity contribution in [2.45, 2.75) is 6.92 Å². The molecule has 0 aliphatic carbocycles. The molecule has 0 bridgehead atoms. The maximum Gasteiger partial charge on any atom is 0.338 e. The number of hydrogen-bond donors (Lipinski definition) is 1. The molecule has 24 heavy (non-hydrogen) atoms. The van der Waals surface area contributed by atoms with Gasteiger partial charge in [-0.05, 0) is 48.9 Å². The standard InChI is InChI=1S/C18H19NO5/c1-12-4-5-13(10-16(12)23-3)18(21)24-11-17(20)19-14-6-8-15(22-2)9-7-14/h4-10H,11H2,1-3H3,(H,19,20). The van der Waals surface area contributed by atoms with Crippen LogP contribution in [-0.4, -0.2) is 32.7 Å². The lowest BCUT2D eigenvalue weighted by atomic mass is 10.1. The summed E-state index contributed by atoms with van der Waals surface area (Å²) in [4.78, 5) is 23.8. The van der Waals surface area contributed by atoms with Crippen molar-refractivity contribution < 1.29 is 23.8 Å². The zero-order valence-corrected chi connectivity index (χ0v) is 13.8. The van der Waals surface area contributed by atoms with Crippen molar-refractivity contribution in [3.63, 3.8) is 0 Å². The van der Waals surface area contributed by atoms with Gasteiger partial charge in [-0.25, -0.2) is 4.79 Å². The summed E-state index contributed by atoms with van der Waals surface area (Å²) in [6.07, 6.45) is 0. The topological polar surface area (TPSA) is 73.9 Å². The Morgan fingerprint density at radius 3 is 2.33 bits per heavy atom. The maximum absolute atomic E-state index is 12.0. The highest BCUT2D eigenvalue weighted by atomic mass is 16.5. The molecule has 0 radical (unpaired) electrons. The first-order valence-corrected chi connectivity index (χ1v) is 7.29. The van der Waals surface area contributed by atoms with Crippen LogP contribution in [0.3, 0.4) is 0 Å². The van der Waals surface area contributed by atoms with Crippen LogP contribution >= 0.6 is 0 Å².